The summed E-state index contributed by atoms with van der Waals surface area (Å²) in [5.41, 5.74) is 0.932. The summed E-state index contributed by atoms with van der Waals surface area (Å²) in [6.45, 7) is 5.77. The van der Waals surface area contributed by atoms with Crippen LogP contribution in [0.1, 0.15) is 34.7 Å². The smallest absolute Gasteiger partial charge is 0.371 e. The summed E-state index contributed by atoms with van der Waals surface area (Å²) < 4.78 is 5.19. The average Bonchev–Trinajstić information content (AvgIpc) is 2.71. The van der Waals surface area contributed by atoms with E-state index >= 15 is 0 Å². The second-order valence-electron chi connectivity index (χ2n) is 5.40. The molecule has 0 aromatic carbocycles. The first kappa shape index (κ1) is 14.1. The predicted octanol–water partition coefficient (Wildman–Crippen LogP) is 1.72. The lowest BCUT2D eigenvalue weighted by molar-refractivity contribution is 0.0661. The second-order valence-corrected chi connectivity index (χ2v) is 5.40. The van der Waals surface area contributed by atoms with Gasteiger partial charge in [-0.3, -0.25) is 0 Å². The highest BCUT2D eigenvalue weighted by molar-refractivity contribution is 5.84. The molecule has 5 heteroatoms. The van der Waals surface area contributed by atoms with Crippen LogP contribution in [0.4, 0.5) is 0 Å². The molecule has 2 heterocycles. The van der Waals surface area contributed by atoms with Crippen molar-refractivity contribution < 1.29 is 14.3 Å². The molecule has 0 amide bonds. The van der Waals surface area contributed by atoms with Crippen LogP contribution >= 0.6 is 0 Å². The van der Waals surface area contributed by atoms with Crippen molar-refractivity contribution in [2.24, 2.45) is 5.92 Å². The Morgan fingerprint density at radius 3 is 3.05 bits per heavy atom. The first-order valence-electron chi connectivity index (χ1n) is 6.78. The number of aryl methyl sites for hydroxylation is 1. The topological polar surface area (TPSA) is 65.7 Å². The van der Waals surface area contributed by atoms with Gasteiger partial charge in [-0.05, 0) is 51.9 Å². The largest absolute Gasteiger partial charge is 0.475 e. The van der Waals surface area contributed by atoms with Crippen LogP contribution in [0.3, 0.4) is 0 Å². The van der Waals surface area contributed by atoms with Crippen molar-refractivity contribution in [3.8, 4) is 0 Å². The fraction of sp³-hybridized carbons (Fsp3) is 0.643. The summed E-state index contributed by atoms with van der Waals surface area (Å²) >= 11 is 0. The molecular formula is C14H22N2O3. The van der Waals surface area contributed by atoms with Gasteiger partial charge in [0.2, 0.25) is 5.76 Å². The van der Waals surface area contributed by atoms with Crippen LogP contribution < -0.4 is 5.32 Å². The number of aromatic carboxylic acids is 1. The Morgan fingerprint density at radius 1 is 1.63 bits per heavy atom. The molecule has 106 valence electrons. The van der Waals surface area contributed by atoms with Crippen LogP contribution in [0.2, 0.25) is 0 Å². The normalized spacial score (nSPS) is 20.6. The molecule has 1 fully saturated rings. The van der Waals surface area contributed by atoms with Gasteiger partial charge in [0.15, 0.2) is 0 Å². The lowest BCUT2D eigenvalue weighted by Crippen LogP contribution is -2.37. The van der Waals surface area contributed by atoms with Crippen LogP contribution in [0.25, 0.3) is 0 Å². The van der Waals surface area contributed by atoms with Crippen LogP contribution in [0, 0.1) is 12.8 Å². The van der Waals surface area contributed by atoms with Crippen molar-refractivity contribution in [3.63, 3.8) is 0 Å². The van der Waals surface area contributed by atoms with Crippen molar-refractivity contribution in [1.82, 2.24) is 10.2 Å². The number of rotatable bonds is 5. The number of piperidine rings is 1. The molecule has 2 N–H and O–H groups in total. The van der Waals surface area contributed by atoms with E-state index in [1.807, 2.05) is 0 Å². The minimum absolute atomic E-state index is 0.0201. The van der Waals surface area contributed by atoms with Gasteiger partial charge in [0.05, 0.1) is 0 Å². The zero-order chi connectivity index (χ0) is 13.8. The van der Waals surface area contributed by atoms with E-state index in [2.05, 4.69) is 17.3 Å². The van der Waals surface area contributed by atoms with Gasteiger partial charge in [0, 0.05) is 18.7 Å². The van der Waals surface area contributed by atoms with E-state index < -0.39 is 5.97 Å². The monoisotopic (exact) mass is 266 g/mol. The molecule has 1 aliphatic rings. The summed E-state index contributed by atoms with van der Waals surface area (Å²) in [4.78, 5) is 13.2. The molecule has 2 rings (SSSR count). The van der Waals surface area contributed by atoms with E-state index in [1.165, 1.54) is 19.4 Å². The van der Waals surface area contributed by atoms with Crippen molar-refractivity contribution in [2.45, 2.75) is 26.3 Å². The Morgan fingerprint density at radius 2 is 2.42 bits per heavy atom. The van der Waals surface area contributed by atoms with E-state index in [9.17, 15) is 4.79 Å². The Kier molecular flexibility index (Phi) is 4.61. The van der Waals surface area contributed by atoms with Gasteiger partial charge in [0.25, 0.3) is 0 Å². The summed E-state index contributed by atoms with van der Waals surface area (Å²) in [6, 6.07) is 1.61. The number of hydrogen-bond acceptors (Lipinski definition) is 4. The molecule has 1 aromatic rings. The second kappa shape index (κ2) is 6.21. The van der Waals surface area contributed by atoms with E-state index in [0.29, 0.717) is 18.2 Å². The number of furan rings is 1. The molecule has 19 heavy (non-hydrogen) atoms. The molecule has 1 unspecified atom stereocenters. The van der Waals surface area contributed by atoms with Crippen molar-refractivity contribution in [3.05, 3.63) is 23.2 Å². The maximum atomic E-state index is 10.8. The predicted molar refractivity (Wildman–Crippen MR) is 72.3 cm³/mol. The van der Waals surface area contributed by atoms with E-state index in [-0.39, 0.29) is 5.76 Å². The number of carbonyl (C=O) groups is 1. The lowest BCUT2D eigenvalue weighted by Gasteiger charge is -2.29. The highest BCUT2D eigenvalue weighted by Crippen LogP contribution is 2.16. The zero-order valence-electron chi connectivity index (χ0n) is 11.6. The molecule has 1 aromatic heterocycles. The summed E-state index contributed by atoms with van der Waals surface area (Å²) in [5.74, 6) is 0.380. The Labute approximate surface area is 113 Å². The highest BCUT2D eigenvalue weighted by atomic mass is 16.4. The third kappa shape index (κ3) is 3.81. The van der Waals surface area contributed by atoms with Crippen LogP contribution in [-0.2, 0) is 6.54 Å². The average molecular weight is 266 g/mol. The van der Waals surface area contributed by atoms with E-state index in [0.717, 1.165) is 18.7 Å². The summed E-state index contributed by atoms with van der Waals surface area (Å²) in [7, 11) is 2.16. The molecule has 0 aliphatic carbocycles. The fourth-order valence-corrected chi connectivity index (χ4v) is 2.65. The number of nitrogens with zero attached hydrogens (tertiary/aromatic N) is 1. The first-order valence-corrected chi connectivity index (χ1v) is 6.78. The molecule has 1 atom stereocenters. The number of carboxylic acid groups (broad SMARTS) is 1. The van der Waals surface area contributed by atoms with Crippen LogP contribution in [-0.4, -0.2) is 42.7 Å². The molecular weight excluding hydrogens is 244 g/mol. The lowest BCUT2D eigenvalue weighted by atomic mass is 9.98. The SMILES string of the molecule is Cc1oc(C(=O)O)cc1CNCC1CCCN(C)C1. The van der Waals surface area contributed by atoms with E-state index in [1.54, 1.807) is 13.0 Å². The summed E-state index contributed by atoms with van der Waals surface area (Å²) in [5, 5.41) is 12.3. The van der Waals surface area contributed by atoms with E-state index in [4.69, 9.17) is 9.52 Å². The van der Waals surface area contributed by atoms with Gasteiger partial charge < -0.3 is 19.7 Å². The number of likely N-dealkylation sites (tertiary alicyclic amines) is 1. The quantitative estimate of drug-likeness (QED) is 0.849. The van der Waals surface area contributed by atoms with Gasteiger partial charge in [-0.1, -0.05) is 0 Å². The Bertz CT molecular complexity index is 442. The molecule has 1 saturated heterocycles. The Balaban J connectivity index is 1.80. The number of nitrogens with one attached hydrogen (secondary N) is 1. The van der Waals surface area contributed by atoms with Gasteiger partial charge >= 0.3 is 5.97 Å². The molecule has 0 bridgehead atoms. The molecule has 1 aliphatic heterocycles. The third-order valence-electron chi connectivity index (χ3n) is 3.70. The molecule has 0 saturated carbocycles. The highest BCUT2D eigenvalue weighted by Gasteiger charge is 2.17. The Hall–Kier alpha value is -1.33. The fourth-order valence-electron chi connectivity index (χ4n) is 2.65. The van der Waals surface area contributed by atoms with Crippen molar-refractivity contribution in [1.29, 1.82) is 0 Å². The van der Waals surface area contributed by atoms with Gasteiger partial charge in [-0.25, -0.2) is 4.79 Å². The third-order valence-corrected chi connectivity index (χ3v) is 3.70. The van der Waals surface area contributed by atoms with Crippen LogP contribution in [0.5, 0.6) is 0 Å². The van der Waals surface area contributed by atoms with Gasteiger partial charge in [-0.15, -0.1) is 0 Å². The minimum atomic E-state index is -1.01. The standard InChI is InChI=1S/C14H22N2O3/c1-10-12(6-13(19-10)14(17)18)8-15-7-11-4-3-5-16(2)9-11/h6,11,15H,3-5,7-9H2,1-2H3,(H,17,18). The first-order chi connectivity index (χ1) is 9.06. The number of carboxylic acids is 1. The maximum absolute atomic E-state index is 10.8. The minimum Gasteiger partial charge on any atom is -0.475 e. The van der Waals surface area contributed by atoms with Crippen molar-refractivity contribution in [2.75, 3.05) is 26.7 Å². The maximum Gasteiger partial charge on any atom is 0.371 e. The molecule has 5 nitrogen and oxygen atoms in total. The molecule has 0 spiro atoms. The van der Waals surface area contributed by atoms with Gasteiger partial charge in [0.1, 0.15) is 5.76 Å². The van der Waals surface area contributed by atoms with Gasteiger partial charge in [-0.2, -0.15) is 0 Å². The summed E-state index contributed by atoms with van der Waals surface area (Å²) in [6.07, 6.45) is 2.53. The van der Waals surface area contributed by atoms with Crippen molar-refractivity contribution >= 4 is 5.97 Å². The zero-order valence-corrected chi connectivity index (χ0v) is 11.6. The molecule has 0 radical (unpaired) electrons. The van der Waals surface area contributed by atoms with Crippen LogP contribution in [0.15, 0.2) is 10.5 Å². The number of hydrogen-bond donors (Lipinski definition) is 2.